The van der Waals surface area contributed by atoms with Gasteiger partial charge in [0.2, 0.25) is 0 Å². The van der Waals surface area contributed by atoms with Gasteiger partial charge in [0.1, 0.15) is 11.4 Å². The van der Waals surface area contributed by atoms with E-state index in [1.54, 1.807) is 22.7 Å². The minimum Gasteiger partial charge on any atom is -1.00 e. The van der Waals surface area contributed by atoms with Crippen LogP contribution in [0.3, 0.4) is 0 Å². The molecule has 3 aliphatic rings. The average Bonchev–Trinajstić information content (AvgIpc) is 3.53. The highest BCUT2D eigenvalue weighted by molar-refractivity contribution is 7.11. The van der Waals surface area contributed by atoms with Gasteiger partial charge in [0.15, 0.2) is 0 Å². The van der Waals surface area contributed by atoms with Crippen LogP contribution >= 0.6 is 22.7 Å². The summed E-state index contributed by atoms with van der Waals surface area (Å²) >= 11 is 3.40. The number of hydrogen-bond acceptors (Lipinski definition) is 4. The Morgan fingerprint density at radius 3 is 1.97 bits per heavy atom. The lowest BCUT2D eigenvalue weighted by Crippen LogP contribution is -3.00. The van der Waals surface area contributed by atoms with Crippen molar-refractivity contribution >= 4 is 22.7 Å². The largest absolute Gasteiger partial charge is 1.00 e. The number of quaternary nitrogens is 1. The third kappa shape index (κ3) is 4.13. The number of piperidine rings is 3. The van der Waals surface area contributed by atoms with Gasteiger partial charge in [-0.05, 0) is 35.0 Å². The lowest BCUT2D eigenvalue weighted by Gasteiger charge is -2.59. The van der Waals surface area contributed by atoms with Gasteiger partial charge in [0, 0.05) is 40.9 Å². The zero-order valence-electron chi connectivity index (χ0n) is 17.7. The molecule has 166 valence electrons. The summed E-state index contributed by atoms with van der Waals surface area (Å²) < 4.78 is 7.12. The van der Waals surface area contributed by atoms with E-state index in [4.69, 9.17) is 4.74 Å². The summed E-state index contributed by atoms with van der Waals surface area (Å²) in [5.74, 6) is 0.964. The summed E-state index contributed by atoms with van der Waals surface area (Å²) in [5.41, 5.74) is -0.883. The minimum absolute atomic E-state index is 0. The van der Waals surface area contributed by atoms with Crippen LogP contribution in [-0.2, 0) is 5.60 Å². The second-order valence-electron chi connectivity index (χ2n) is 8.95. The molecule has 6 heteroatoms. The molecule has 0 aliphatic carbocycles. The lowest BCUT2D eigenvalue weighted by molar-refractivity contribution is -0.946. The number of ether oxygens (including phenoxy) is 1. The van der Waals surface area contributed by atoms with Gasteiger partial charge in [-0.25, -0.2) is 0 Å². The number of hydrogen-bond donors (Lipinski definition) is 1. The van der Waals surface area contributed by atoms with Crippen molar-refractivity contribution in [2.45, 2.75) is 31.3 Å². The first kappa shape index (κ1) is 23.0. The molecule has 0 saturated carbocycles. The molecular weight excluding hydrogens is 490 g/mol. The zero-order valence-corrected chi connectivity index (χ0v) is 20.9. The van der Waals surface area contributed by atoms with Gasteiger partial charge in [-0.2, -0.15) is 0 Å². The highest BCUT2D eigenvalue weighted by atomic mass is 79.9. The van der Waals surface area contributed by atoms with Crippen LogP contribution in [0.2, 0.25) is 0 Å². The van der Waals surface area contributed by atoms with Crippen molar-refractivity contribution in [1.29, 1.82) is 0 Å². The molecule has 1 aromatic carbocycles. The Labute approximate surface area is 203 Å². The number of rotatable bonds is 8. The molecule has 0 atom stereocenters. The van der Waals surface area contributed by atoms with Crippen LogP contribution in [0.5, 0.6) is 5.75 Å². The Morgan fingerprint density at radius 1 is 0.871 bits per heavy atom. The molecule has 0 amide bonds. The summed E-state index contributed by atoms with van der Waals surface area (Å²) in [6.45, 7) is 5.47. The predicted molar refractivity (Wildman–Crippen MR) is 124 cm³/mol. The quantitative estimate of drug-likeness (QED) is 0.366. The first-order valence-electron chi connectivity index (χ1n) is 11.0. The van der Waals surface area contributed by atoms with Gasteiger partial charge in [0.25, 0.3) is 0 Å². The molecule has 31 heavy (non-hydrogen) atoms. The highest BCUT2D eigenvalue weighted by Gasteiger charge is 2.60. The first-order chi connectivity index (χ1) is 14.7. The molecule has 3 fully saturated rings. The molecule has 1 N–H and O–H groups in total. The maximum absolute atomic E-state index is 12.2. The molecule has 5 heterocycles. The Bertz CT molecular complexity index is 885. The predicted octanol–water partition coefficient (Wildman–Crippen LogP) is 2.52. The Morgan fingerprint density at radius 2 is 1.45 bits per heavy atom. The van der Waals surface area contributed by atoms with Gasteiger partial charge in [-0.3, -0.25) is 0 Å². The van der Waals surface area contributed by atoms with Gasteiger partial charge >= 0.3 is 0 Å². The molecule has 3 nitrogen and oxygen atoms in total. The topological polar surface area (TPSA) is 29.5 Å². The first-order valence-corrected chi connectivity index (χ1v) is 12.8. The maximum Gasteiger partial charge on any atom is 0.139 e. The van der Waals surface area contributed by atoms with Crippen LogP contribution in [0.4, 0.5) is 0 Å². The van der Waals surface area contributed by atoms with Crippen molar-refractivity contribution < 1.29 is 31.3 Å². The molecule has 0 radical (unpaired) electrons. The molecule has 6 rings (SSSR count). The number of benzene rings is 1. The number of fused-ring (bicyclic) bond motifs is 3. The van der Waals surface area contributed by atoms with E-state index in [1.807, 2.05) is 30.3 Å². The van der Waals surface area contributed by atoms with Gasteiger partial charge in [-0.1, -0.05) is 30.3 Å². The maximum atomic E-state index is 12.2. The summed E-state index contributed by atoms with van der Waals surface area (Å²) in [6, 6.07) is 18.5. The van der Waals surface area contributed by atoms with E-state index >= 15 is 0 Å². The lowest BCUT2D eigenvalue weighted by atomic mass is 9.59. The van der Waals surface area contributed by atoms with Crippen molar-refractivity contribution in [3.63, 3.8) is 0 Å². The van der Waals surface area contributed by atoms with Crippen LogP contribution < -0.4 is 21.7 Å². The molecule has 0 spiro atoms. The van der Waals surface area contributed by atoms with Crippen LogP contribution in [0.15, 0.2) is 65.4 Å². The Hall–Kier alpha value is -1.18. The summed E-state index contributed by atoms with van der Waals surface area (Å²) in [7, 11) is 0. The van der Waals surface area contributed by atoms with Crippen molar-refractivity contribution in [1.82, 2.24) is 0 Å². The second kappa shape index (κ2) is 9.36. The van der Waals surface area contributed by atoms with Crippen LogP contribution in [0, 0.1) is 5.41 Å². The number of nitrogens with zero attached hydrogens (tertiary/aromatic N) is 1. The van der Waals surface area contributed by atoms with Gasteiger partial charge < -0.3 is 31.3 Å². The van der Waals surface area contributed by atoms with Gasteiger partial charge in [0.05, 0.1) is 32.8 Å². The fraction of sp³-hybridized carbons (Fsp3) is 0.440. The Balaban J connectivity index is 0.00000231. The number of aliphatic hydroxyl groups is 1. The summed E-state index contributed by atoms with van der Waals surface area (Å²) in [5, 5.41) is 16.5. The van der Waals surface area contributed by atoms with E-state index in [0.29, 0.717) is 0 Å². The van der Waals surface area contributed by atoms with E-state index in [0.717, 1.165) is 47.8 Å². The standard InChI is InChI=1S/C25H30NO2S2.BrH/c27-25(22-9-4-19-29-22,23-10-5-20-30-23)24-11-15-26(16-12-24,17-13-24)14-6-18-28-21-7-2-1-3-8-21;/h1-5,7-10,19-20,27H,6,11-18H2;1H/q+1;/p-1. The molecule has 3 aromatic rings. The monoisotopic (exact) mass is 519 g/mol. The Kier molecular flexibility index (Phi) is 6.94. The van der Waals surface area contributed by atoms with E-state index in [1.165, 1.54) is 30.7 Å². The third-order valence-corrected chi connectivity index (χ3v) is 9.46. The molecule has 2 bridgehead atoms. The smallest absolute Gasteiger partial charge is 0.139 e. The molecule has 2 aromatic heterocycles. The van der Waals surface area contributed by atoms with Crippen molar-refractivity contribution in [2.75, 3.05) is 32.8 Å². The van der Waals surface area contributed by atoms with E-state index in [-0.39, 0.29) is 22.4 Å². The molecule has 3 aliphatic heterocycles. The van der Waals surface area contributed by atoms with Crippen LogP contribution in [0.25, 0.3) is 0 Å². The minimum atomic E-state index is -0.845. The fourth-order valence-electron chi connectivity index (χ4n) is 5.66. The molecule has 0 unspecified atom stereocenters. The van der Waals surface area contributed by atoms with Gasteiger partial charge in [-0.15, -0.1) is 22.7 Å². The van der Waals surface area contributed by atoms with Crippen LogP contribution in [0.1, 0.15) is 35.4 Å². The zero-order chi connectivity index (χ0) is 20.5. The van der Waals surface area contributed by atoms with E-state index in [2.05, 4.69) is 35.0 Å². The number of thiophene rings is 2. The fourth-order valence-corrected chi connectivity index (χ4v) is 7.64. The number of halogens is 1. The van der Waals surface area contributed by atoms with E-state index < -0.39 is 5.60 Å². The SMILES string of the molecule is OC(c1cccs1)(c1cccs1)C12CC[N+](CCCOc3ccccc3)(CC1)CC2.[Br-]. The third-order valence-electron chi connectivity index (χ3n) is 7.51. The highest BCUT2D eigenvalue weighted by Crippen LogP contribution is 2.58. The summed E-state index contributed by atoms with van der Waals surface area (Å²) in [6.07, 6.45) is 4.37. The summed E-state index contributed by atoms with van der Waals surface area (Å²) in [4.78, 5) is 2.23. The van der Waals surface area contributed by atoms with Crippen LogP contribution in [-0.4, -0.2) is 42.4 Å². The second-order valence-corrected chi connectivity index (χ2v) is 10.8. The van der Waals surface area contributed by atoms with Crippen molar-refractivity contribution in [3.05, 3.63) is 75.1 Å². The normalized spacial score (nSPS) is 25.2. The average molecular weight is 521 g/mol. The number of para-hydroxylation sites is 1. The molecular formula is C25H30BrNO2S2. The van der Waals surface area contributed by atoms with Crippen molar-refractivity contribution in [3.8, 4) is 5.75 Å². The molecule has 3 saturated heterocycles. The van der Waals surface area contributed by atoms with E-state index in [9.17, 15) is 5.11 Å². The van der Waals surface area contributed by atoms with Crippen molar-refractivity contribution in [2.24, 2.45) is 5.41 Å².